The predicted molar refractivity (Wildman–Crippen MR) is 133 cm³/mol. The number of pyridine rings is 2. The summed E-state index contributed by atoms with van der Waals surface area (Å²) in [5.41, 5.74) is 3.97. The summed E-state index contributed by atoms with van der Waals surface area (Å²) in [6.45, 7) is 1.39. The average molecular weight is 497 g/mol. The first kappa shape index (κ1) is 23.5. The average Bonchev–Trinajstić information content (AvgIpc) is 3.29. The maximum atomic E-state index is 13.9. The fraction of sp³-hybridized carbons (Fsp3) is 0.0769. The van der Waals surface area contributed by atoms with Crippen molar-refractivity contribution in [3.63, 3.8) is 0 Å². The van der Waals surface area contributed by atoms with Crippen LogP contribution in [0, 0.1) is 17.9 Å². The Balaban J connectivity index is 1.40. The van der Waals surface area contributed by atoms with Gasteiger partial charge in [-0.15, -0.1) is 0 Å². The van der Waals surface area contributed by atoms with Crippen molar-refractivity contribution in [1.82, 2.24) is 24.9 Å². The molecule has 5 aromatic rings. The van der Waals surface area contributed by atoms with Gasteiger partial charge in [-0.05, 0) is 55.0 Å². The fourth-order valence-electron chi connectivity index (χ4n) is 3.80. The highest BCUT2D eigenvalue weighted by Crippen LogP contribution is 2.33. The van der Waals surface area contributed by atoms with Crippen LogP contribution in [0.25, 0.3) is 28.2 Å². The molecule has 0 bridgehead atoms. The minimum absolute atomic E-state index is 0.253. The number of aryl methyl sites for hydroxylation is 1. The van der Waals surface area contributed by atoms with Gasteiger partial charge in [0, 0.05) is 35.7 Å². The maximum absolute atomic E-state index is 13.9. The number of anilines is 1. The van der Waals surface area contributed by atoms with Crippen molar-refractivity contribution < 1.29 is 18.7 Å². The van der Waals surface area contributed by atoms with Gasteiger partial charge < -0.3 is 15.8 Å². The van der Waals surface area contributed by atoms with Crippen molar-refractivity contribution in [2.75, 3.05) is 11.9 Å². The molecule has 37 heavy (non-hydrogen) atoms. The molecule has 10 nitrogen and oxygen atoms in total. The van der Waals surface area contributed by atoms with Gasteiger partial charge in [-0.2, -0.15) is 9.83 Å². The Bertz CT molecular complexity index is 1630. The van der Waals surface area contributed by atoms with E-state index in [-0.39, 0.29) is 23.7 Å². The van der Waals surface area contributed by atoms with Gasteiger partial charge in [0.1, 0.15) is 17.3 Å². The molecule has 5 rings (SSSR count). The van der Waals surface area contributed by atoms with Crippen LogP contribution in [0.4, 0.5) is 10.2 Å². The monoisotopic (exact) mass is 497 g/mol. The van der Waals surface area contributed by atoms with Crippen LogP contribution in [0.3, 0.4) is 0 Å². The Kier molecular flexibility index (Phi) is 6.25. The molecule has 0 spiro atoms. The Morgan fingerprint density at radius 2 is 1.86 bits per heavy atom. The topological polar surface area (TPSA) is 128 Å². The smallest absolute Gasteiger partial charge is 0.252 e. The van der Waals surface area contributed by atoms with E-state index in [1.807, 2.05) is 6.07 Å². The number of fused-ring (bicyclic) bond motifs is 1. The summed E-state index contributed by atoms with van der Waals surface area (Å²) in [6.07, 6.45) is 5.56. The third-order valence-corrected chi connectivity index (χ3v) is 5.60. The Hall–Kier alpha value is -5.19. The Morgan fingerprint density at radius 3 is 2.65 bits per heavy atom. The standard InChI is InChI=1S/C26H20FN7O3/c1-16-13-18(4-5-20(16)27)24-25(34-22(32-24)3-2-9-30-34)19-6-10-28-21(14-19)31-23(35)15-29-26(36)17-7-11-33(37)12-8-17/h2-14H,15H2,1H3,(H,29,36)(H,28,31,35). The number of amides is 2. The van der Waals surface area contributed by atoms with Gasteiger partial charge in [-0.25, -0.2) is 18.9 Å². The number of rotatable bonds is 6. The number of hydrogen-bond acceptors (Lipinski definition) is 6. The molecule has 0 fully saturated rings. The van der Waals surface area contributed by atoms with Crippen LogP contribution in [0.1, 0.15) is 15.9 Å². The number of halogens is 1. The highest BCUT2D eigenvalue weighted by Gasteiger charge is 2.18. The summed E-state index contributed by atoms with van der Waals surface area (Å²) in [7, 11) is 0. The van der Waals surface area contributed by atoms with Crippen LogP contribution in [-0.4, -0.2) is 37.9 Å². The number of nitrogens with one attached hydrogen (secondary N) is 2. The first-order valence-electron chi connectivity index (χ1n) is 11.2. The molecule has 1 aromatic carbocycles. The van der Waals surface area contributed by atoms with Crippen molar-refractivity contribution in [1.29, 1.82) is 0 Å². The lowest BCUT2D eigenvalue weighted by molar-refractivity contribution is -0.605. The number of aromatic nitrogens is 5. The molecule has 0 saturated carbocycles. The third kappa shape index (κ3) is 4.96. The summed E-state index contributed by atoms with van der Waals surface area (Å²) >= 11 is 0. The quantitative estimate of drug-likeness (QED) is 0.274. The second-order valence-electron chi connectivity index (χ2n) is 8.17. The summed E-state index contributed by atoms with van der Waals surface area (Å²) in [5, 5.41) is 20.7. The lowest BCUT2D eigenvalue weighted by atomic mass is 10.0. The van der Waals surface area contributed by atoms with Crippen LogP contribution in [0.15, 0.2) is 79.4 Å². The molecule has 0 radical (unpaired) electrons. The molecule has 4 heterocycles. The minimum Gasteiger partial charge on any atom is -0.619 e. The van der Waals surface area contributed by atoms with Crippen LogP contribution >= 0.6 is 0 Å². The molecule has 0 aliphatic carbocycles. The van der Waals surface area contributed by atoms with Gasteiger partial charge in [0.2, 0.25) is 5.91 Å². The van der Waals surface area contributed by atoms with E-state index in [9.17, 15) is 19.2 Å². The summed E-state index contributed by atoms with van der Waals surface area (Å²) in [4.78, 5) is 33.6. The van der Waals surface area contributed by atoms with Crippen LogP contribution in [0.5, 0.6) is 0 Å². The van der Waals surface area contributed by atoms with E-state index in [1.165, 1.54) is 36.8 Å². The molecule has 184 valence electrons. The molecule has 0 atom stereocenters. The zero-order valence-corrected chi connectivity index (χ0v) is 19.6. The molecule has 0 saturated heterocycles. The number of hydrogen-bond donors (Lipinski definition) is 2. The first-order chi connectivity index (χ1) is 17.9. The van der Waals surface area contributed by atoms with Crippen molar-refractivity contribution in [3.8, 4) is 22.5 Å². The summed E-state index contributed by atoms with van der Waals surface area (Å²) in [6, 6.07) is 14.5. The van der Waals surface area contributed by atoms with Gasteiger partial charge in [-0.1, -0.05) is 0 Å². The molecule has 0 aliphatic heterocycles. The fourth-order valence-corrected chi connectivity index (χ4v) is 3.80. The van der Waals surface area contributed by atoms with Gasteiger partial charge in [0.15, 0.2) is 18.0 Å². The van der Waals surface area contributed by atoms with Crippen molar-refractivity contribution in [2.45, 2.75) is 6.92 Å². The lowest BCUT2D eigenvalue weighted by Gasteiger charge is -2.09. The minimum atomic E-state index is -0.492. The van der Waals surface area contributed by atoms with Gasteiger partial charge in [0.25, 0.3) is 5.91 Å². The number of carbonyl (C=O) groups is 2. The molecular weight excluding hydrogens is 477 g/mol. The van der Waals surface area contributed by atoms with Crippen LogP contribution < -0.4 is 15.4 Å². The van der Waals surface area contributed by atoms with E-state index < -0.39 is 11.8 Å². The zero-order chi connectivity index (χ0) is 25.9. The number of nitrogens with zero attached hydrogens (tertiary/aromatic N) is 5. The van der Waals surface area contributed by atoms with E-state index >= 15 is 0 Å². The van der Waals surface area contributed by atoms with Crippen LogP contribution in [0.2, 0.25) is 0 Å². The summed E-state index contributed by atoms with van der Waals surface area (Å²) < 4.78 is 16.1. The lowest BCUT2D eigenvalue weighted by Crippen LogP contribution is -2.33. The van der Waals surface area contributed by atoms with E-state index in [1.54, 1.807) is 48.0 Å². The first-order valence-corrected chi connectivity index (χ1v) is 11.2. The number of benzene rings is 1. The second-order valence-corrected chi connectivity index (χ2v) is 8.17. The molecule has 2 amide bonds. The Labute approximate surface area is 210 Å². The van der Waals surface area contributed by atoms with E-state index in [0.29, 0.717) is 38.5 Å². The molecule has 0 aliphatic rings. The predicted octanol–water partition coefficient (Wildman–Crippen LogP) is 2.91. The molecule has 2 N–H and O–H groups in total. The Morgan fingerprint density at radius 1 is 1.05 bits per heavy atom. The van der Waals surface area contributed by atoms with Crippen LogP contribution in [-0.2, 0) is 4.79 Å². The maximum Gasteiger partial charge on any atom is 0.252 e. The van der Waals surface area contributed by atoms with E-state index in [4.69, 9.17) is 4.98 Å². The number of carbonyl (C=O) groups excluding carboxylic acids is 2. The summed E-state index contributed by atoms with van der Waals surface area (Å²) in [5.74, 6) is -1.03. The molecule has 4 aromatic heterocycles. The van der Waals surface area contributed by atoms with Gasteiger partial charge in [-0.3, -0.25) is 9.59 Å². The third-order valence-electron chi connectivity index (χ3n) is 5.60. The molecule has 0 unspecified atom stereocenters. The van der Waals surface area contributed by atoms with Gasteiger partial charge in [0.05, 0.1) is 17.8 Å². The SMILES string of the molecule is Cc1cc(-c2nc3cccnn3c2-c2ccnc(NC(=O)CNC(=O)c3cc[n+]([O-])cc3)c2)ccc1F. The van der Waals surface area contributed by atoms with E-state index in [0.717, 1.165) is 0 Å². The highest BCUT2D eigenvalue weighted by molar-refractivity contribution is 5.99. The molecule has 11 heteroatoms. The van der Waals surface area contributed by atoms with Crippen molar-refractivity contribution in [2.24, 2.45) is 0 Å². The van der Waals surface area contributed by atoms with E-state index in [2.05, 4.69) is 20.7 Å². The van der Waals surface area contributed by atoms with Crippen molar-refractivity contribution >= 4 is 23.3 Å². The van der Waals surface area contributed by atoms with Crippen molar-refractivity contribution in [3.05, 3.63) is 102 Å². The zero-order valence-electron chi connectivity index (χ0n) is 19.6. The number of imidazole rings is 1. The second kappa shape index (κ2) is 9.82. The highest BCUT2D eigenvalue weighted by atomic mass is 19.1. The molecular formula is C26H20FN7O3. The largest absolute Gasteiger partial charge is 0.619 e. The van der Waals surface area contributed by atoms with Gasteiger partial charge >= 0.3 is 0 Å². The normalized spacial score (nSPS) is 10.9.